The lowest BCUT2D eigenvalue weighted by molar-refractivity contribution is 0.660. The minimum Gasteiger partial charge on any atom is -0.310 e. The number of nitrogens with zero attached hydrogens (tertiary/aromatic N) is 2. The number of rotatable bonds is 5. The van der Waals surface area contributed by atoms with Gasteiger partial charge in [-0.05, 0) is 139 Å². The molecule has 0 radical (unpaired) electrons. The zero-order chi connectivity index (χ0) is 42.9. The van der Waals surface area contributed by atoms with Gasteiger partial charge in [0, 0.05) is 44.1 Å². The molecule has 11 aromatic rings. The van der Waals surface area contributed by atoms with Crippen LogP contribution in [0, 0.1) is 0 Å². The zero-order valence-electron chi connectivity index (χ0n) is 36.5. The maximum atomic E-state index is 2.50. The van der Waals surface area contributed by atoms with Crippen LogP contribution in [-0.2, 0) is 10.8 Å². The van der Waals surface area contributed by atoms with E-state index in [-0.39, 0.29) is 10.8 Å². The van der Waals surface area contributed by atoms with Crippen LogP contribution < -0.4 is 4.90 Å². The average Bonchev–Trinajstić information content (AvgIpc) is 3.87. The highest BCUT2D eigenvalue weighted by Crippen LogP contribution is 2.54. The van der Waals surface area contributed by atoms with E-state index in [0.29, 0.717) is 0 Å². The first kappa shape index (κ1) is 36.9. The number of para-hydroxylation sites is 1. The summed E-state index contributed by atoms with van der Waals surface area (Å²) in [7, 11) is 0. The fraction of sp³-hybridized carbons (Fsp3) is 0.0968. The van der Waals surface area contributed by atoms with Crippen molar-refractivity contribution in [2.45, 2.75) is 38.5 Å². The van der Waals surface area contributed by atoms with Gasteiger partial charge in [0.15, 0.2) is 0 Å². The maximum absolute atomic E-state index is 2.50. The predicted octanol–water partition coefficient (Wildman–Crippen LogP) is 16.8. The molecule has 2 aliphatic rings. The van der Waals surface area contributed by atoms with Gasteiger partial charge in [-0.3, -0.25) is 0 Å². The second-order valence-corrected chi connectivity index (χ2v) is 19.0. The molecule has 2 heteroatoms. The summed E-state index contributed by atoms with van der Waals surface area (Å²) in [6, 6.07) is 77.1. The molecule has 304 valence electrons. The number of hydrogen-bond acceptors (Lipinski definition) is 1. The number of benzene rings is 10. The molecular formula is C62H46N2. The number of anilines is 3. The van der Waals surface area contributed by atoms with E-state index in [1.54, 1.807) is 0 Å². The molecule has 1 aromatic heterocycles. The lowest BCUT2D eigenvalue weighted by atomic mass is 9.81. The van der Waals surface area contributed by atoms with Gasteiger partial charge in [0.2, 0.25) is 0 Å². The highest BCUT2D eigenvalue weighted by atomic mass is 15.1. The topological polar surface area (TPSA) is 8.17 Å². The van der Waals surface area contributed by atoms with Crippen molar-refractivity contribution < 1.29 is 0 Å². The number of aromatic nitrogens is 1. The second kappa shape index (κ2) is 13.4. The molecule has 0 bridgehead atoms. The minimum atomic E-state index is -0.223. The monoisotopic (exact) mass is 818 g/mol. The molecule has 0 saturated heterocycles. The van der Waals surface area contributed by atoms with Crippen molar-refractivity contribution >= 4 is 60.4 Å². The molecule has 13 rings (SSSR count). The molecule has 0 saturated carbocycles. The Hall–Kier alpha value is -7.68. The van der Waals surface area contributed by atoms with Crippen LogP contribution in [0.15, 0.2) is 206 Å². The summed E-state index contributed by atoms with van der Waals surface area (Å²) < 4.78 is 2.42. The van der Waals surface area contributed by atoms with E-state index in [4.69, 9.17) is 0 Å². The van der Waals surface area contributed by atoms with E-state index in [0.717, 1.165) is 5.69 Å². The van der Waals surface area contributed by atoms with Crippen LogP contribution in [0.1, 0.15) is 49.9 Å². The lowest BCUT2D eigenvalue weighted by Crippen LogP contribution is -2.18. The van der Waals surface area contributed by atoms with Crippen molar-refractivity contribution in [1.29, 1.82) is 0 Å². The van der Waals surface area contributed by atoms with E-state index in [1.807, 2.05) is 0 Å². The maximum Gasteiger partial charge on any atom is 0.0541 e. The minimum absolute atomic E-state index is 0.107. The molecule has 2 nitrogen and oxygen atoms in total. The summed E-state index contributed by atoms with van der Waals surface area (Å²) in [5.74, 6) is 0. The molecule has 0 spiro atoms. The van der Waals surface area contributed by atoms with E-state index in [1.165, 1.54) is 116 Å². The molecule has 0 fully saturated rings. The van der Waals surface area contributed by atoms with E-state index in [9.17, 15) is 0 Å². The van der Waals surface area contributed by atoms with Crippen molar-refractivity contribution in [3.05, 3.63) is 229 Å². The van der Waals surface area contributed by atoms with Crippen LogP contribution in [0.2, 0.25) is 0 Å². The van der Waals surface area contributed by atoms with Gasteiger partial charge in [-0.25, -0.2) is 0 Å². The molecule has 0 amide bonds. The summed E-state index contributed by atoms with van der Waals surface area (Å²) in [6.07, 6.45) is 0. The Morgan fingerprint density at radius 2 is 0.891 bits per heavy atom. The Labute approximate surface area is 374 Å². The molecular weight excluding hydrogens is 773 g/mol. The highest BCUT2D eigenvalue weighted by molar-refractivity contribution is 6.11. The van der Waals surface area contributed by atoms with Crippen LogP contribution in [0.3, 0.4) is 0 Å². The standard InChI is InChI=1S/C62H46N2/c1-61(2)54-21-11-9-19-48(54)50-31-28-45(37-56(50)61)63(58-23-13-17-40-15-7-8-18-47(40)58)46-29-32-51-49-30-25-43(36-55(49)62(3,4)57(51)38-46)42-26-33-60-53(35-42)52-20-10-12-22-59(52)64(60)44-27-24-39-14-5-6-16-41(39)34-44/h5-38H,1-4H3. The van der Waals surface area contributed by atoms with Crippen molar-refractivity contribution in [2.75, 3.05) is 4.90 Å². The summed E-state index contributed by atoms with van der Waals surface area (Å²) in [6.45, 7) is 9.55. The Morgan fingerprint density at radius 1 is 0.344 bits per heavy atom. The average molecular weight is 819 g/mol. The van der Waals surface area contributed by atoms with Gasteiger partial charge in [-0.2, -0.15) is 0 Å². The Morgan fingerprint density at radius 3 is 1.67 bits per heavy atom. The predicted molar refractivity (Wildman–Crippen MR) is 271 cm³/mol. The van der Waals surface area contributed by atoms with Crippen LogP contribution in [0.5, 0.6) is 0 Å². The molecule has 0 unspecified atom stereocenters. The van der Waals surface area contributed by atoms with Gasteiger partial charge in [0.1, 0.15) is 0 Å². The van der Waals surface area contributed by atoms with Crippen molar-refractivity contribution in [3.8, 4) is 39.1 Å². The summed E-state index contributed by atoms with van der Waals surface area (Å²) in [5, 5.41) is 7.50. The zero-order valence-corrected chi connectivity index (χ0v) is 36.5. The summed E-state index contributed by atoms with van der Waals surface area (Å²) >= 11 is 0. The summed E-state index contributed by atoms with van der Waals surface area (Å²) in [5.41, 5.74) is 20.1. The smallest absolute Gasteiger partial charge is 0.0541 e. The summed E-state index contributed by atoms with van der Waals surface area (Å²) in [4.78, 5) is 2.50. The van der Waals surface area contributed by atoms with E-state index >= 15 is 0 Å². The first-order valence-corrected chi connectivity index (χ1v) is 22.6. The molecule has 64 heavy (non-hydrogen) atoms. The Bertz CT molecular complexity index is 3740. The quantitative estimate of drug-likeness (QED) is 0.168. The van der Waals surface area contributed by atoms with Gasteiger partial charge < -0.3 is 9.47 Å². The van der Waals surface area contributed by atoms with E-state index in [2.05, 4.69) is 243 Å². The normalized spacial score (nSPS) is 14.2. The van der Waals surface area contributed by atoms with Crippen LogP contribution in [0.4, 0.5) is 17.1 Å². The number of hydrogen-bond donors (Lipinski definition) is 0. The third-order valence-electron chi connectivity index (χ3n) is 14.7. The highest BCUT2D eigenvalue weighted by Gasteiger charge is 2.38. The Kier molecular flexibility index (Phi) is 7.74. The first-order valence-electron chi connectivity index (χ1n) is 22.6. The second-order valence-electron chi connectivity index (χ2n) is 19.0. The SMILES string of the molecule is CC1(C)c2ccccc2-c2ccc(N(c3ccc4c(c3)C(C)(C)c3cc(-c5ccc6c(c5)c5ccccc5n6-c5ccc6ccccc6c5)ccc3-4)c3cccc4ccccc34)cc21. The van der Waals surface area contributed by atoms with Crippen molar-refractivity contribution in [2.24, 2.45) is 0 Å². The van der Waals surface area contributed by atoms with Gasteiger partial charge in [-0.1, -0.05) is 167 Å². The lowest BCUT2D eigenvalue weighted by Gasteiger charge is -2.30. The van der Waals surface area contributed by atoms with Gasteiger partial charge >= 0.3 is 0 Å². The fourth-order valence-corrected chi connectivity index (χ4v) is 11.5. The fourth-order valence-electron chi connectivity index (χ4n) is 11.5. The largest absolute Gasteiger partial charge is 0.310 e. The van der Waals surface area contributed by atoms with Crippen molar-refractivity contribution in [1.82, 2.24) is 4.57 Å². The molecule has 0 atom stereocenters. The van der Waals surface area contributed by atoms with Crippen LogP contribution in [0.25, 0.3) is 82.4 Å². The third-order valence-corrected chi connectivity index (χ3v) is 14.7. The Balaban J connectivity index is 0.921. The first-order chi connectivity index (χ1) is 31.2. The molecule has 1 heterocycles. The van der Waals surface area contributed by atoms with E-state index < -0.39 is 0 Å². The van der Waals surface area contributed by atoms with Gasteiger partial charge in [-0.15, -0.1) is 0 Å². The number of fused-ring (bicyclic) bond motifs is 11. The van der Waals surface area contributed by atoms with Gasteiger partial charge in [0.25, 0.3) is 0 Å². The molecule has 0 N–H and O–H groups in total. The third kappa shape index (κ3) is 5.26. The van der Waals surface area contributed by atoms with Crippen molar-refractivity contribution in [3.63, 3.8) is 0 Å². The van der Waals surface area contributed by atoms with Crippen LogP contribution in [-0.4, -0.2) is 4.57 Å². The molecule has 10 aromatic carbocycles. The van der Waals surface area contributed by atoms with Crippen LogP contribution >= 0.6 is 0 Å². The molecule has 0 aliphatic heterocycles. The molecule has 2 aliphatic carbocycles. The van der Waals surface area contributed by atoms with Gasteiger partial charge in [0.05, 0.1) is 16.7 Å².